The first-order valence-corrected chi connectivity index (χ1v) is 6.46. The van der Waals surface area contributed by atoms with Gasteiger partial charge >= 0.3 is 0 Å². The van der Waals surface area contributed by atoms with Gasteiger partial charge in [0.05, 0.1) is 0 Å². The highest BCUT2D eigenvalue weighted by Crippen LogP contribution is 2.16. The zero-order valence-electron chi connectivity index (χ0n) is 11.0. The molecule has 0 radical (unpaired) electrons. The molecule has 1 nitrogen and oxygen atoms in total. The third-order valence-electron chi connectivity index (χ3n) is 3.22. The molecule has 1 unspecified atom stereocenters. The molecule has 0 bridgehead atoms. The number of hydrogen-bond donors (Lipinski definition) is 1. The number of hydrogen-bond acceptors (Lipinski definition) is 1. The SMILES string of the molecule is NCC(Cc1ccc(F)cc1)Cc1cc(F)cc(F)c1. The van der Waals surface area contributed by atoms with Crippen molar-refractivity contribution < 1.29 is 13.2 Å². The Bertz CT molecular complexity index is 546. The second-order valence-electron chi connectivity index (χ2n) is 4.91. The summed E-state index contributed by atoms with van der Waals surface area (Å²) < 4.78 is 39.1. The molecule has 0 heterocycles. The number of nitrogens with two attached hydrogens (primary N) is 1. The Labute approximate surface area is 116 Å². The normalized spacial score (nSPS) is 12.4. The molecule has 2 aromatic rings. The van der Waals surface area contributed by atoms with Crippen LogP contribution < -0.4 is 5.73 Å². The Morgan fingerprint density at radius 1 is 0.750 bits per heavy atom. The highest BCUT2D eigenvalue weighted by atomic mass is 19.1. The van der Waals surface area contributed by atoms with Crippen LogP contribution in [-0.4, -0.2) is 6.54 Å². The van der Waals surface area contributed by atoms with E-state index < -0.39 is 11.6 Å². The minimum absolute atomic E-state index is 0.0571. The van der Waals surface area contributed by atoms with Gasteiger partial charge in [-0.2, -0.15) is 0 Å². The van der Waals surface area contributed by atoms with E-state index in [1.165, 1.54) is 24.3 Å². The zero-order chi connectivity index (χ0) is 14.5. The summed E-state index contributed by atoms with van der Waals surface area (Å²) in [7, 11) is 0. The van der Waals surface area contributed by atoms with Crippen LogP contribution in [0.2, 0.25) is 0 Å². The van der Waals surface area contributed by atoms with Crippen molar-refractivity contribution in [3.8, 4) is 0 Å². The molecule has 2 N–H and O–H groups in total. The number of benzene rings is 2. The summed E-state index contributed by atoms with van der Waals surface area (Å²) in [6.45, 7) is 0.398. The fourth-order valence-electron chi connectivity index (χ4n) is 2.25. The second-order valence-corrected chi connectivity index (χ2v) is 4.91. The Morgan fingerprint density at radius 3 is 1.85 bits per heavy atom. The van der Waals surface area contributed by atoms with Gasteiger partial charge in [0.2, 0.25) is 0 Å². The molecule has 0 saturated heterocycles. The van der Waals surface area contributed by atoms with Crippen LogP contribution in [0, 0.1) is 23.4 Å². The summed E-state index contributed by atoms with van der Waals surface area (Å²) in [5.41, 5.74) is 7.25. The highest BCUT2D eigenvalue weighted by Gasteiger charge is 2.11. The van der Waals surface area contributed by atoms with Crippen LogP contribution in [0.15, 0.2) is 42.5 Å². The molecule has 2 aromatic carbocycles. The summed E-state index contributed by atoms with van der Waals surface area (Å²) in [4.78, 5) is 0. The van der Waals surface area contributed by atoms with Gasteiger partial charge in [-0.05, 0) is 60.7 Å². The quantitative estimate of drug-likeness (QED) is 0.891. The van der Waals surface area contributed by atoms with Gasteiger partial charge in [0.25, 0.3) is 0 Å². The van der Waals surface area contributed by atoms with Crippen molar-refractivity contribution in [1.82, 2.24) is 0 Å². The molecule has 2 rings (SSSR count). The van der Waals surface area contributed by atoms with E-state index in [9.17, 15) is 13.2 Å². The predicted molar refractivity (Wildman–Crippen MR) is 72.7 cm³/mol. The third kappa shape index (κ3) is 4.10. The van der Waals surface area contributed by atoms with Crippen molar-refractivity contribution in [2.75, 3.05) is 6.54 Å². The second kappa shape index (κ2) is 6.57. The molecule has 0 aromatic heterocycles. The van der Waals surface area contributed by atoms with Crippen LogP contribution in [0.5, 0.6) is 0 Å². The zero-order valence-corrected chi connectivity index (χ0v) is 11.0. The Hall–Kier alpha value is -1.81. The maximum atomic E-state index is 13.1. The first-order valence-electron chi connectivity index (χ1n) is 6.46. The fourth-order valence-corrected chi connectivity index (χ4v) is 2.25. The van der Waals surface area contributed by atoms with E-state index in [1.54, 1.807) is 12.1 Å². The van der Waals surface area contributed by atoms with E-state index in [2.05, 4.69) is 0 Å². The van der Waals surface area contributed by atoms with Crippen LogP contribution >= 0.6 is 0 Å². The van der Waals surface area contributed by atoms with Crippen LogP contribution in [0.1, 0.15) is 11.1 Å². The van der Waals surface area contributed by atoms with Gasteiger partial charge in [0, 0.05) is 6.07 Å². The van der Waals surface area contributed by atoms with Crippen LogP contribution in [0.3, 0.4) is 0 Å². The van der Waals surface area contributed by atoms with Crippen LogP contribution in [0.4, 0.5) is 13.2 Å². The van der Waals surface area contributed by atoms with E-state index in [4.69, 9.17) is 5.73 Å². The maximum Gasteiger partial charge on any atom is 0.126 e. The third-order valence-corrected chi connectivity index (χ3v) is 3.22. The Morgan fingerprint density at radius 2 is 1.30 bits per heavy atom. The average molecular weight is 279 g/mol. The van der Waals surface area contributed by atoms with Gasteiger partial charge in [0.15, 0.2) is 0 Å². The van der Waals surface area contributed by atoms with E-state index in [-0.39, 0.29) is 11.7 Å². The molecule has 0 spiro atoms. The Balaban J connectivity index is 2.06. The lowest BCUT2D eigenvalue weighted by Gasteiger charge is -2.15. The van der Waals surface area contributed by atoms with Gasteiger partial charge in [-0.15, -0.1) is 0 Å². The lowest BCUT2D eigenvalue weighted by molar-refractivity contribution is 0.523. The topological polar surface area (TPSA) is 26.0 Å². The summed E-state index contributed by atoms with van der Waals surface area (Å²) >= 11 is 0. The minimum atomic E-state index is -0.586. The largest absolute Gasteiger partial charge is 0.330 e. The molecule has 0 aliphatic rings. The number of rotatable bonds is 5. The number of halogens is 3. The van der Waals surface area contributed by atoms with E-state index in [0.29, 0.717) is 24.9 Å². The summed E-state index contributed by atoms with van der Waals surface area (Å²) in [6, 6.07) is 9.66. The van der Waals surface area contributed by atoms with Crippen molar-refractivity contribution in [3.63, 3.8) is 0 Å². The Kier molecular flexibility index (Phi) is 4.79. The standard InChI is InChI=1S/C16H16F3N/c17-14-3-1-11(2-4-14)5-13(10-20)6-12-7-15(18)9-16(19)8-12/h1-4,7-9,13H,5-6,10,20H2. The maximum absolute atomic E-state index is 13.1. The smallest absolute Gasteiger partial charge is 0.126 e. The van der Waals surface area contributed by atoms with E-state index in [1.807, 2.05) is 0 Å². The van der Waals surface area contributed by atoms with Gasteiger partial charge in [-0.25, -0.2) is 13.2 Å². The summed E-state index contributed by atoms with van der Waals surface area (Å²) in [6.07, 6.45) is 1.14. The fraction of sp³-hybridized carbons (Fsp3) is 0.250. The monoisotopic (exact) mass is 279 g/mol. The molecule has 0 amide bonds. The van der Waals surface area contributed by atoms with Crippen molar-refractivity contribution >= 4 is 0 Å². The molecular weight excluding hydrogens is 263 g/mol. The lowest BCUT2D eigenvalue weighted by atomic mass is 9.92. The van der Waals surface area contributed by atoms with E-state index in [0.717, 1.165) is 11.6 Å². The average Bonchev–Trinajstić information content (AvgIpc) is 2.39. The summed E-state index contributed by atoms with van der Waals surface area (Å²) in [5, 5.41) is 0. The van der Waals surface area contributed by atoms with Crippen molar-refractivity contribution in [3.05, 3.63) is 71.0 Å². The van der Waals surface area contributed by atoms with Gasteiger partial charge in [-0.3, -0.25) is 0 Å². The molecule has 0 fully saturated rings. The van der Waals surface area contributed by atoms with Gasteiger partial charge in [0.1, 0.15) is 17.5 Å². The highest BCUT2D eigenvalue weighted by molar-refractivity contribution is 5.20. The molecule has 0 aliphatic carbocycles. The van der Waals surface area contributed by atoms with Crippen LogP contribution in [-0.2, 0) is 12.8 Å². The minimum Gasteiger partial charge on any atom is -0.330 e. The molecular formula is C16H16F3N. The first-order chi connectivity index (χ1) is 9.56. The molecule has 106 valence electrons. The molecule has 20 heavy (non-hydrogen) atoms. The molecule has 4 heteroatoms. The first kappa shape index (κ1) is 14.6. The predicted octanol–water partition coefficient (Wildman–Crippen LogP) is 3.46. The molecule has 0 aliphatic heterocycles. The molecule has 1 atom stereocenters. The van der Waals surface area contributed by atoms with Gasteiger partial charge in [-0.1, -0.05) is 12.1 Å². The summed E-state index contributed by atoms with van der Waals surface area (Å²) in [5.74, 6) is -1.40. The van der Waals surface area contributed by atoms with E-state index >= 15 is 0 Å². The molecule has 0 saturated carbocycles. The van der Waals surface area contributed by atoms with Crippen molar-refractivity contribution in [2.45, 2.75) is 12.8 Å². The van der Waals surface area contributed by atoms with Crippen LogP contribution in [0.25, 0.3) is 0 Å². The van der Waals surface area contributed by atoms with Gasteiger partial charge < -0.3 is 5.73 Å². The van der Waals surface area contributed by atoms with Crippen molar-refractivity contribution in [2.24, 2.45) is 11.7 Å². The van der Waals surface area contributed by atoms with Crippen molar-refractivity contribution in [1.29, 1.82) is 0 Å². The lowest BCUT2D eigenvalue weighted by Crippen LogP contribution is -2.19.